The number of carbonyl (C=O) groups excluding carboxylic acids is 2. The van der Waals surface area contributed by atoms with Crippen LogP contribution in [0.15, 0.2) is 57.9 Å². The van der Waals surface area contributed by atoms with E-state index in [9.17, 15) is 9.59 Å². The van der Waals surface area contributed by atoms with Crippen molar-refractivity contribution >= 4 is 51.1 Å². The van der Waals surface area contributed by atoms with Gasteiger partial charge in [0.05, 0.1) is 5.75 Å². The van der Waals surface area contributed by atoms with Gasteiger partial charge in [0.15, 0.2) is 0 Å². The van der Waals surface area contributed by atoms with Crippen molar-refractivity contribution < 1.29 is 9.59 Å². The molecule has 0 radical (unpaired) electrons. The number of hydrogen-bond donors (Lipinski definition) is 1. The summed E-state index contributed by atoms with van der Waals surface area (Å²) in [6.07, 6.45) is 5.57. The summed E-state index contributed by atoms with van der Waals surface area (Å²) in [5.41, 5.74) is 0.983. The van der Waals surface area contributed by atoms with Crippen LogP contribution in [0.25, 0.3) is 0 Å². The lowest BCUT2D eigenvalue weighted by molar-refractivity contribution is -0.139. The molecule has 1 unspecified atom stereocenters. The van der Waals surface area contributed by atoms with Gasteiger partial charge >= 0.3 is 0 Å². The summed E-state index contributed by atoms with van der Waals surface area (Å²) in [5, 5.41) is 3.83. The molecular formula is C24H28BrClN2O2S. The minimum absolute atomic E-state index is 0.0637. The van der Waals surface area contributed by atoms with Crippen molar-refractivity contribution in [2.45, 2.75) is 62.6 Å². The first-order valence-corrected chi connectivity index (χ1v) is 12.8. The van der Waals surface area contributed by atoms with Crippen molar-refractivity contribution in [1.82, 2.24) is 10.2 Å². The zero-order valence-corrected chi connectivity index (χ0v) is 20.8. The summed E-state index contributed by atoms with van der Waals surface area (Å²) in [6.45, 7) is 2.21. The molecule has 0 spiro atoms. The predicted molar refractivity (Wildman–Crippen MR) is 131 cm³/mol. The molecule has 3 rings (SSSR count). The van der Waals surface area contributed by atoms with E-state index >= 15 is 0 Å². The standard InChI is InChI=1S/C24H28BrClN2O2S/c1-17(24(30)27-21-8-3-2-4-9-21)28(15-18-6-5-7-19(25)14-18)23(29)16-31-22-12-10-20(26)11-13-22/h5-7,10-14,17,21H,2-4,8-9,15-16H2,1H3,(H,27,30). The van der Waals surface area contributed by atoms with Crippen molar-refractivity contribution in [2.75, 3.05) is 5.75 Å². The SMILES string of the molecule is CC(C(=O)NC1CCCCC1)N(Cc1cccc(Br)c1)C(=O)CSc1ccc(Cl)cc1. The van der Waals surface area contributed by atoms with Crippen LogP contribution in [0.2, 0.25) is 5.02 Å². The maximum absolute atomic E-state index is 13.2. The first-order valence-electron chi connectivity index (χ1n) is 10.6. The Morgan fingerprint density at radius 3 is 2.55 bits per heavy atom. The monoisotopic (exact) mass is 522 g/mol. The third-order valence-corrected chi connectivity index (χ3v) is 7.28. The largest absolute Gasteiger partial charge is 0.352 e. The molecule has 166 valence electrons. The molecule has 2 amide bonds. The molecule has 7 heteroatoms. The number of hydrogen-bond acceptors (Lipinski definition) is 3. The smallest absolute Gasteiger partial charge is 0.242 e. The Kier molecular flexibility index (Phi) is 9.30. The molecule has 1 atom stereocenters. The summed E-state index contributed by atoms with van der Waals surface area (Å²) < 4.78 is 0.951. The molecule has 0 aliphatic heterocycles. The van der Waals surface area contributed by atoms with Gasteiger partial charge in [-0.2, -0.15) is 0 Å². The number of amides is 2. The number of nitrogens with one attached hydrogen (secondary N) is 1. The Balaban J connectivity index is 1.70. The minimum atomic E-state index is -0.542. The Labute approximate surface area is 202 Å². The van der Waals surface area contributed by atoms with Crippen LogP contribution >= 0.6 is 39.3 Å². The molecule has 2 aromatic rings. The minimum Gasteiger partial charge on any atom is -0.352 e. The third kappa shape index (κ3) is 7.55. The first kappa shape index (κ1) is 24.1. The number of benzene rings is 2. The Hall–Kier alpha value is -1.50. The van der Waals surface area contributed by atoms with E-state index in [0.29, 0.717) is 11.6 Å². The fourth-order valence-corrected chi connectivity index (χ4v) is 5.10. The number of nitrogens with zero attached hydrogens (tertiary/aromatic N) is 1. The zero-order valence-electron chi connectivity index (χ0n) is 17.7. The molecule has 1 N–H and O–H groups in total. The average Bonchev–Trinajstić information content (AvgIpc) is 2.77. The van der Waals surface area contributed by atoms with Gasteiger partial charge in [-0.3, -0.25) is 9.59 Å². The molecule has 1 saturated carbocycles. The van der Waals surface area contributed by atoms with E-state index in [-0.39, 0.29) is 23.6 Å². The number of thioether (sulfide) groups is 1. The maximum atomic E-state index is 13.2. The highest BCUT2D eigenvalue weighted by Crippen LogP contribution is 2.23. The van der Waals surface area contributed by atoms with E-state index in [2.05, 4.69) is 21.2 Å². The third-order valence-electron chi connectivity index (χ3n) is 5.54. The predicted octanol–water partition coefficient (Wildman–Crippen LogP) is 6.06. The van der Waals surface area contributed by atoms with E-state index < -0.39 is 6.04 Å². The Bertz CT molecular complexity index is 887. The molecule has 1 aliphatic rings. The summed E-state index contributed by atoms with van der Waals surface area (Å²) in [5.74, 6) is 0.120. The Morgan fingerprint density at radius 2 is 1.87 bits per heavy atom. The molecule has 0 saturated heterocycles. The van der Waals surface area contributed by atoms with E-state index in [0.717, 1.165) is 40.6 Å². The molecular weight excluding hydrogens is 496 g/mol. The summed E-state index contributed by atoms with van der Waals surface area (Å²) in [7, 11) is 0. The maximum Gasteiger partial charge on any atom is 0.242 e. The number of carbonyl (C=O) groups is 2. The quantitative estimate of drug-likeness (QED) is 0.428. The van der Waals surface area contributed by atoms with Crippen molar-refractivity contribution in [1.29, 1.82) is 0 Å². The van der Waals surface area contributed by atoms with Gasteiger partial charge in [0, 0.05) is 27.0 Å². The first-order chi connectivity index (χ1) is 14.9. The molecule has 0 aromatic heterocycles. The molecule has 31 heavy (non-hydrogen) atoms. The van der Waals surface area contributed by atoms with Crippen molar-refractivity contribution in [3.63, 3.8) is 0 Å². The highest BCUT2D eigenvalue weighted by molar-refractivity contribution is 9.10. The zero-order chi connectivity index (χ0) is 22.2. The number of halogens is 2. The van der Waals surface area contributed by atoms with Crippen LogP contribution < -0.4 is 5.32 Å². The number of rotatable bonds is 8. The molecule has 0 heterocycles. The Morgan fingerprint density at radius 1 is 1.16 bits per heavy atom. The second-order valence-electron chi connectivity index (χ2n) is 7.91. The van der Waals surface area contributed by atoms with E-state index in [4.69, 9.17) is 11.6 Å². The van der Waals surface area contributed by atoms with Crippen molar-refractivity contribution in [3.05, 3.63) is 63.6 Å². The molecule has 0 bridgehead atoms. The van der Waals surface area contributed by atoms with E-state index in [1.807, 2.05) is 55.5 Å². The van der Waals surface area contributed by atoms with Gasteiger partial charge in [-0.15, -0.1) is 11.8 Å². The van der Waals surface area contributed by atoms with Crippen LogP contribution in [0.4, 0.5) is 0 Å². The van der Waals surface area contributed by atoms with Crippen molar-refractivity contribution in [3.8, 4) is 0 Å². The van der Waals surface area contributed by atoms with Gasteiger partial charge < -0.3 is 10.2 Å². The molecule has 1 aliphatic carbocycles. The van der Waals surface area contributed by atoms with E-state index in [1.54, 1.807) is 4.90 Å². The van der Waals surface area contributed by atoms with Gasteiger partial charge in [0.1, 0.15) is 6.04 Å². The lowest BCUT2D eigenvalue weighted by atomic mass is 9.95. The topological polar surface area (TPSA) is 49.4 Å². The van der Waals surface area contributed by atoms with Crippen molar-refractivity contribution in [2.24, 2.45) is 0 Å². The summed E-state index contributed by atoms with van der Waals surface area (Å²) in [4.78, 5) is 28.8. The molecule has 1 fully saturated rings. The normalized spacial score (nSPS) is 15.3. The fraction of sp³-hybridized carbons (Fsp3) is 0.417. The van der Waals surface area contributed by atoms with Crippen LogP contribution in [0, 0.1) is 0 Å². The van der Waals surface area contributed by atoms with Crippen LogP contribution in [0.5, 0.6) is 0 Å². The summed E-state index contributed by atoms with van der Waals surface area (Å²) in [6, 6.07) is 15.0. The van der Waals surface area contributed by atoms with Crippen LogP contribution in [-0.2, 0) is 16.1 Å². The van der Waals surface area contributed by atoms with Gasteiger partial charge in [-0.05, 0) is 61.7 Å². The van der Waals surface area contributed by atoms with Crippen LogP contribution in [-0.4, -0.2) is 34.6 Å². The van der Waals surface area contributed by atoms with Crippen LogP contribution in [0.3, 0.4) is 0 Å². The average molecular weight is 524 g/mol. The van der Waals surface area contributed by atoms with E-state index in [1.165, 1.54) is 18.2 Å². The second-order valence-corrected chi connectivity index (χ2v) is 10.3. The lowest BCUT2D eigenvalue weighted by Crippen LogP contribution is -2.50. The highest BCUT2D eigenvalue weighted by atomic mass is 79.9. The van der Waals surface area contributed by atoms with Gasteiger partial charge in [-0.1, -0.05) is 58.9 Å². The lowest BCUT2D eigenvalue weighted by Gasteiger charge is -2.31. The van der Waals surface area contributed by atoms with Gasteiger partial charge in [0.2, 0.25) is 11.8 Å². The fourth-order valence-electron chi connectivity index (χ4n) is 3.74. The van der Waals surface area contributed by atoms with Crippen LogP contribution in [0.1, 0.15) is 44.6 Å². The van der Waals surface area contributed by atoms with Gasteiger partial charge in [0.25, 0.3) is 0 Å². The highest BCUT2D eigenvalue weighted by Gasteiger charge is 2.28. The summed E-state index contributed by atoms with van der Waals surface area (Å²) >= 11 is 10.9. The molecule has 4 nitrogen and oxygen atoms in total. The molecule has 2 aromatic carbocycles. The van der Waals surface area contributed by atoms with Gasteiger partial charge in [-0.25, -0.2) is 0 Å². The second kappa shape index (κ2) is 11.9.